The van der Waals surface area contributed by atoms with Gasteiger partial charge in [0, 0.05) is 26.1 Å². The van der Waals surface area contributed by atoms with E-state index < -0.39 is 0 Å². The van der Waals surface area contributed by atoms with Gasteiger partial charge in [-0.1, -0.05) is 25.1 Å². The number of nitrogens with one attached hydrogen (secondary N) is 1. The zero-order valence-electron chi connectivity index (χ0n) is 13.8. The van der Waals surface area contributed by atoms with Crippen molar-refractivity contribution in [2.24, 2.45) is 0 Å². The lowest BCUT2D eigenvalue weighted by molar-refractivity contribution is -0.121. The summed E-state index contributed by atoms with van der Waals surface area (Å²) >= 11 is 0. The van der Waals surface area contributed by atoms with E-state index in [2.05, 4.69) is 10.2 Å². The first-order valence-corrected chi connectivity index (χ1v) is 8.48. The number of hydrogen-bond acceptors (Lipinski definition) is 3. The van der Waals surface area contributed by atoms with Gasteiger partial charge < -0.3 is 15.3 Å². The number of rotatable bonds is 7. The van der Waals surface area contributed by atoms with Crippen molar-refractivity contribution in [2.75, 3.05) is 26.2 Å². The topological polar surface area (TPSA) is 52.6 Å². The Labute approximate surface area is 137 Å². The van der Waals surface area contributed by atoms with Crippen molar-refractivity contribution < 1.29 is 14.3 Å². The van der Waals surface area contributed by atoms with E-state index >= 15 is 0 Å². The Morgan fingerprint density at radius 1 is 1.39 bits per heavy atom. The predicted octanol–water partition coefficient (Wildman–Crippen LogP) is 2.28. The van der Waals surface area contributed by atoms with E-state index in [0.29, 0.717) is 18.5 Å². The van der Waals surface area contributed by atoms with Crippen molar-refractivity contribution in [1.29, 1.82) is 0 Å². The highest BCUT2D eigenvalue weighted by Crippen LogP contribution is 2.21. The summed E-state index contributed by atoms with van der Waals surface area (Å²) in [5, 5.41) is 12.4. The van der Waals surface area contributed by atoms with Gasteiger partial charge >= 0.3 is 0 Å². The predicted molar refractivity (Wildman–Crippen MR) is 88.7 cm³/mol. The van der Waals surface area contributed by atoms with Gasteiger partial charge in [-0.25, -0.2) is 4.39 Å². The third-order valence-electron chi connectivity index (χ3n) is 4.46. The third-order valence-corrected chi connectivity index (χ3v) is 4.46. The minimum atomic E-state index is -0.250. The lowest BCUT2D eigenvalue weighted by Crippen LogP contribution is -2.37. The maximum Gasteiger partial charge on any atom is 0.220 e. The molecule has 1 fully saturated rings. The number of aliphatic hydroxyl groups is 1. The number of likely N-dealkylation sites (tertiary alicyclic amines) is 1. The normalized spacial score (nSPS) is 17.9. The smallest absolute Gasteiger partial charge is 0.220 e. The summed E-state index contributed by atoms with van der Waals surface area (Å²) in [6.07, 6.45) is 2.73. The third kappa shape index (κ3) is 5.92. The van der Waals surface area contributed by atoms with E-state index in [1.165, 1.54) is 6.07 Å². The van der Waals surface area contributed by atoms with E-state index in [0.717, 1.165) is 38.9 Å². The molecule has 2 N–H and O–H groups in total. The van der Waals surface area contributed by atoms with Crippen LogP contribution in [0, 0.1) is 5.82 Å². The molecule has 23 heavy (non-hydrogen) atoms. The molecule has 128 valence electrons. The molecule has 1 amide bonds. The Balaban J connectivity index is 1.62. The molecule has 0 bridgehead atoms. The molecule has 1 aromatic rings. The first-order chi connectivity index (χ1) is 11.1. The first-order valence-electron chi connectivity index (χ1n) is 8.48. The molecule has 0 radical (unpaired) electrons. The molecule has 1 aliphatic heterocycles. The summed E-state index contributed by atoms with van der Waals surface area (Å²) < 4.78 is 13.7. The number of piperidine rings is 1. The van der Waals surface area contributed by atoms with E-state index in [4.69, 9.17) is 0 Å². The van der Waals surface area contributed by atoms with Crippen LogP contribution in [0.2, 0.25) is 0 Å². The van der Waals surface area contributed by atoms with Gasteiger partial charge in [-0.3, -0.25) is 4.79 Å². The van der Waals surface area contributed by atoms with Gasteiger partial charge in [0.25, 0.3) is 0 Å². The molecule has 1 unspecified atom stereocenters. The standard InChI is InChI=1S/C18H27FN2O2/c1-14(16-5-2-3-6-17(16)19)13-18(23)20-9-4-10-21-11-7-15(22)8-12-21/h2-3,5-6,14-15,22H,4,7-13H2,1H3,(H,20,23). The molecular formula is C18H27FN2O2. The molecule has 1 aromatic carbocycles. The average Bonchev–Trinajstić information content (AvgIpc) is 2.53. The summed E-state index contributed by atoms with van der Waals surface area (Å²) in [5.74, 6) is -0.408. The Morgan fingerprint density at radius 3 is 2.78 bits per heavy atom. The number of hydrogen-bond donors (Lipinski definition) is 2. The van der Waals surface area contributed by atoms with Gasteiger partial charge in [0.2, 0.25) is 5.91 Å². The second kappa shape index (κ2) is 8.99. The first kappa shape index (κ1) is 17.9. The SMILES string of the molecule is CC(CC(=O)NCCCN1CCC(O)CC1)c1ccccc1F. The molecule has 1 atom stereocenters. The van der Waals surface area contributed by atoms with Gasteiger partial charge in [-0.15, -0.1) is 0 Å². The zero-order valence-corrected chi connectivity index (χ0v) is 13.8. The van der Waals surface area contributed by atoms with Crippen LogP contribution in [0.3, 0.4) is 0 Å². The highest BCUT2D eigenvalue weighted by molar-refractivity contribution is 5.76. The fourth-order valence-corrected chi connectivity index (χ4v) is 3.01. The van der Waals surface area contributed by atoms with Crippen molar-refractivity contribution in [3.8, 4) is 0 Å². The average molecular weight is 322 g/mol. The zero-order chi connectivity index (χ0) is 16.7. The monoisotopic (exact) mass is 322 g/mol. The number of halogens is 1. The molecule has 1 heterocycles. The molecular weight excluding hydrogens is 295 g/mol. The number of amides is 1. The molecule has 0 spiro atoms. The summed E-state index contributed by atoms with van der Waals surface area (Å²) in [4.78, 5) is 14.3. The summed E-state index contributed by atoms with van der Waals surface area (Å²) in [5.41, 5.74) is 0.592. The Morgan fingerprint density at radius 2 is 2.09 bits per heavy atom. The highest BCUT2D eigenvalue weighted by atomic mass is 19.1. The van der Waals surface area contributed by atoms with E-state index in [1.54, 1.807) is 18.2 Å². The van der Waals surface area contributed by atoms with Crippen LogP contribution in [-0.4, -0.2) is 48.2 Å². The molecule has 0 saturated carbocycles. The van der Waals surface area contributed by atoms with E-state index in [1.807, 2.05) is 6.92 Å². The van der Waals surface area contributed by atoms with Gasteiger partial charge in [0.15, 0.2) is 0 Å². The Hall–Kier alpha value is -1.46. The molecule has 0 aromatic heterocycles. The van der Waals surface area contributed by atoms with Crippen LogP contribution in [0.5, 0.6) is 0 Å². The van der Waals surface area contributed by atoms with Crippen LogP contribution >= 0.6 is 0 Å². The summed E-state index contributed by atoms with van der Waals surface area (Å²) in [7, 11) is 0. The molecule has 4 nitrogen and oxygen atoms in total. The number of aliphatic hydroxyl groups excluding tert-OH is 1. The molecule has 1 aliphatic rings. The molecule has 2 rings (SSSR count). The van der Waals surface area contributed by atoms with Gasteiger partial charge in [-0.05, 0) is 43.4 Å². The highest BCUT2D eigenvalue weighted by Gasteiger charge is 2.17. The number of benzene rings is 1. The molecule has 1 saturated heterocycles. The minimum absolute atomic E-state index is 0.0326. The van der Waals surface area contributed by atoms with Crippen LogP contribution in [0.1, 0.15) is 44.1 Å². The summed E-state index contributed by atoms with van der Waals surface area (Å²) in [6, 6.07) is 6.62. The lowest BCUT2D eigenvalue weighted by Gasteiger charge is -2.29. The van der Waals surface area contributed by atoms with E-state index in [-0.39, 0.29) is 23.7 Å². The van der Waals surface area contributed by atoms with Crippen molar-refractivity contribution in [1.82, 2.24) is 10.2 Å². The number of carbonyl (C=O) groups is 1. The van der Waals surface area contributed by atoms with Gasteiger partial charge in [-0.2, -0.15) is 0 Å². The van der Waals surface area contributed by atoms with Crippen molar-refractivity contribution >= 4 is 5.91 Å². The van der Waals surface area contributed by atoms with Gasteiger partial charge in [0.1, 0.15) is 5.82 Å². The number of carbonyl (C=O) groups excluding carboxylic acids is 1. The number of nitrogens with zero attached hydrogens (tertiary/aromatic N) is 1. The Bertz CT molecular complexity index is 502. The van der Waals surface area contributed by atoms with Crippen LogP contribution in [0.4, 0.5) is 4.39 Å². The van der Waals surface area contributed by atoms with E-state index in [9.17, 15) is 14.3 Å². The fourth-order valence-electron chi connectivity index (χ4n) is 3.01. The van der Waals surface area contributed by atoms with Gasteiger partial charge in [0.05, 0.1) is 6.10 Å². The Kier molecular flexibility index (Phi) is 6.99. The quantitative estimate of drug-likeness (QED) is 0.757. The fraction of sp³-hybridized carbons (Fsp3) is 0.611. The maximum atomic E-state index is 13.7. The van der Waals surface area contributed by atoms with Crippen LogP contribution < -0.4 is 5.32 Å². The summed E-state index contributed by atoms with van der Waals surface area (Å²) in [6.45, 7) is 5.31. The van der Waals surface area contributed by atoms with Crippen LogP contribution in [-0.2, 0) is 4.79 Å². The van der Waals surface area contributed by atoms with Crippen LogP contribution in [0.25, 0.3) is 0 Å². The molecule has 5 heteroatoms. The van der Waals surface area contributed by atoms with Crippen molar-refractivity contribution in [3.63, 3.8) is 0 Å². The molecule has 0 aliphatic carbocycles. The minimum Gasteiger partial charge on any atom is -0.393 e. The van der Waals surface area contributed by atoms with Crippen molar-refractivity contribution in [2.45, 2.75) is 44.6 Å². The largest absolute Gasteiger partial charge is 0.393 e. The maximum absolute atomic E-state index is 13.7. The lowest BCUT2D eigenvalue weighted by atomic mass is 9.97. The second-order valence-corrected chi connectivity index (χ2v) is 6.40. The van der Waals surface area contributed by atoms with Crippen molar-refractivity contribution in [3.05, 3.63) is 35.6 Å². The van der Waals surface area contributed by atoms with Crippen LogP contribution in [0.15, 0.2) is 24.3 Å². The second-order valence-electron chi connectivity index (χ2n) is 6.40.